The minimum absolute atomic E-state index is 0.134. The van der Waals surface area contributed by atoms with E-state index in [1.807, 2.05) is 0 Å². The van der Waals surface area contributed by atoms with E-state index in [0.29, 0.717) is 0 Å². The molecule has 0 saturated carbocycles. The van der Waals surface area contributed by atoms with Crippen LogP contribution in [0.1, 0.15) is 18.2 Å². The Labute approximate surface area is 81.4 Å². The smallest absolute Gasteiger partial charge is 0.103 e. The van der Waals surface area contributed by atoms with E-state index in [0.717, 1.165) is 12.2 Å². The number of hydrogen-bond donors (Lipinski definition) is 1. The summed E-state index contributed by atoms with van der Waals surface area (Å²) in [6, 6.07) is 2.09. The van der Waals surface area contributed by atoms with Crippen LogP contribution in [0, 0.1) is 6.92 Å². The summed E-state index contributed by atoms with van der Waals surface area (Å²) in [6.07, 6.45) is 0. The fourth-order valence-electron chi connectivity index (χ4n) is 1.68. The molecule has 0 spiro atoms. The van der Waals surface area contributed by atoms with Crippen molar-refractivity contribution in [2.75, 3.05) is 0 Å². The molecule has 2 rings (SSSR count). The molecule has 1 N–H and O–H groups in total. The molecular formula is C10H13NOS. The third-order valence-electron chi connectivity index (χ3n) is 2.38. The Hall–Kier alpha value is -0.800. The molecule has 13 heavy (non-hydrogen) atoms. The maximum absolute atomic E-state index is 9.14. The first-order chi connectivity index (χ1) is 6.27. The topological polar surface area (TPSA) is 25.2 Å². The average molecular weight is 195 g/mol. The van der Waals surface area contributed by atoms with Crippen LogP contribution in [0.2, 0.25) is 0 Å². The summed E-state index contributed by atoms with van der Waals surface area (Å²) in [7, 11) is 0. The Bertz CT molecular complexity index is 427. The number of hydrogen-bond acceptors (Lipinski definition) is 2. The molecule has 2 aromatic heterocycles. The second-order valence-electron chi connectivity index (χ2n) is 3.18. The molecule has 0 aliphatic heterocycles. The summed E-state index contributed by atoms with van der Waals surface area (Å²) in [6.45, 7) is 5.28. The highest BCUT2D eigenvalue weighted by atomic mass is 32.1. The van der Waals surface area contributed by atoms with Gasteiger partial charge in [0.25, 0.3) is 0 Å². The predicted octanol–water partition coefficient (Wildman–Crippen LogP) is 2.52. The van der Waals surface area contributed by atoms with E-state index in [2.05, 4.69) is 29.9 Å². The molecule has 2 heterocycles. The first kappa shape index (κ1) is 8.78. The molecule has 3 heteroatoms. The third-order valence-corrected chi connectivity index (χ3v) is 3.52. The third kappa shape index (κ3) is 1.19. The van der Waals surface area contributed by atoms with E-state index in [1.54, 1.807) is 11.3 Å². The number of rotatable bonds is 2. The highest BCUT2D eigenvalue weighted by molar-refractivity contribution is 7.17. The van der Waals surface area contributed by atoms with Crippen LogP contribution in [0.25, 0.3) is 10.2 Å². The van der Waals surface area contributed by atoms with Gasteiger partial charge in [-0.05, 0) is 30.9 Å². The lowest BCUT2D eigenvalue weighted by atomic mass is 10.2. The number of thiophene rings is 1. The second-order valence-corrected chi connectivity index (χ2v) is 4.03. The molecule has 0 amide bonds. The minimum atomic E-state index is 0.134. The lowest BCUT2D eigenvalue weighted by molar-refractivity contribution is 0.272. The van der Waals surface area contributed by atoms with E-state index in [1.165, 1.54) is 15.8 Å². The van der Waals surface area contributed by atoms with Gasteiger partial charge in [0.1, 0.15) is 4.83 Å². The molecule has 0 radical (unpaired) electrons. The lowest BCUT2D eigenvalue weighted by Gasteiger charge is -2.02. The average Bonchev–Trinajstić information content (AvgIpc) is 2.65. The zero-order valence-corrected chi connectivity index (χ0v) is 8.69. The molecule has 0 aliphatic carbocycles. The van der Waals surface area contributed by atoms with E-state index in [4.69, 9.17) is 5.11 Å². The quantitative estimate of drug-likeness (QED) is 0.782. The molecule has 0 aliphatic rings. The van der Waals surface area contributed by atoms with E-state index in [9.17, 15) is 0 Å². The van der Waals surface area contributed by atoms with Crippen molar-refractivity contribution >= 4 is 21.6 Å². The van der Waals surface area contributed by atoms with Gasteiger partial charge in [-0.25, -0.2) is 0 Å². The number of nitrogens with zero attached hydrogens (tertiary/aromatic N) is 1. The summed E-state index contributed by atoms with van der Waals surface area (Å²) in [5.41, 5.74) is 2.33. The van der Waals surface area contributed by atoms with Gasteiger partial charge in [0.05, 0.1) is 6.61 Å². The Balaban J connectivity index is 2.74. The normalized spacial score (nSPS) is 11.3. The van der Waals surface area contributed by atoms with E-state index >= 15 is 0 Å². The molecule has 0 bridgehead atoms. The van der Waals surface area contributed by atoms with Crippen LogP contribution < -0.4 is 0 Å². The maximum Gasteiger partial charge on any atom is 0.103 e. The zero-order valence-electron chi connectivity index (χ0n) is 7.87. The van der Waals surface area contributed by atoms with Crippen molar-refractivity contribution in [3.63, 3.8) is 0 Å². The Morgan fingerprint density at radius 2 is 2.31 bits per heavy atom. The fraction of sp³-hybridized carbons (Fsp3) is 0.400. The summed E-state index contributed by atoms with van der Waals surface area (Å²) in [5, 5.41) is 12.6. The summed E-state index contributed by atoms with van der Waals surface area (Å²) >= 11 is 1.75. The number of aliphatic hydroxyl groups is 1. The molecule has 0 fully saturated rings. The summed E-state index contributed by atoms with van der Waals surface area (Å²) in [5.74, 6) is 0. The Kier molecular flexibility index (Phi) is 2.14. The van der Waals surface area contributed by atoms with Crippen LogP contribution in [0.3, 0.4) is 0 Å². The highest BCUT2D eigenvalue weighted by Gasteiger charge is 2.09. The molecular weight excluding hydrogens is 182 g/mol. The lowest BCUT2D eigenvalue weighted by Crippen LogP contribution is -1.98. The van der Waals surface area contributed by atoms with E-state index in [-0.39, 0.29) is 6.61 Å². The molecule has 2 nitrogen and oxygen atoms in total. The molecule has 0 unspecified atom stereocenters. The molecule has 0 atom stereocenters. The van der Waals surface area contributed by atoms with Gasteiger partial charge in [0.2, 0.25) is 0 Å². The van der Waals surface area contributed by atoms with E-state index < -0.39 is 0 Å². The van der Waals surface area contributed by atoms with Gasteiger partial charge < -0.3 is 9.67 Å². The Morgan fingerprint density at radius 1 is 1.54 bits per heavy atom. The van der Waals surface area contributed by atoms with Gasteiger partial charge in [0, 0.05) is 17.6 Å². The minimum Gasteiger partial charge on any atom is -0.390 e. The van der Waals surface area contributed by atoms with Crippen LogP contribution in [0.5, 0.6) is 0 Å². The van der Waals surface area contributed by atoms with Crippen molar-refractivity contribution in [2.45, 2.75) is 27.0 Å². The van der Waals surface area contributed by atoms with Gasteiger partial charge in [-0.1, -0.05) is 0 Å². The molecule has 0 saturated heterocycles. The first-order valence-corrected chi connectivity index (χ1v) is 5.33. The standard InChI is InChI=1S/C10H13NOS/c1-3-11-8(5-12)4-9-7(2)6-13-10(9)11/h4,6,12H,3,5H2,1-2H3. The van der Waals surface area contributed by atoms with Crippen LogP contribution in [0.15, 0.2) is 11.4 Å². The Morgan fingerprint density at radius 3 is 2.92 bits per heavy atom. The second kappa shape index (κ2) is 3.16. The highest BCUT2D eigenvalue weighted by Crippen LogP contribution is 2.28. The van der Waals surface area contributed by atoms with Crippen LogP contribution in [-0.4, -0.2) is 9.67 Å². The fourth-order valence-corrected chi connectivity index (χ4v) is 2.81. The summed E-state index contributed by atoms with van der Waals surface area (Å²) in [4.78, 5) is 1.28. The van der Waals surface area contributed by atoms with Crippen molar-refractivity contribution in [2.24, 2.45) is 0 Å². The molecule has 70 valence electrons. The van der Waals surface area contributed by atoms with Crippen molar-refractivity contribution in [1.29, 1.82) is 0 Å². The predicted molar refractivity (Wildman–Crippen MR) is 56.1 cm³/mol. The number of aliphatic hydroxyl groups excluding tert-OH is 1. The van der Waals surface area contributed by atoms with Crippen molar-refractivity contribution in [3.05, 3.63) is 22.7 Å². The van der Waals surface area contributed by atoms with Crippen molar-refractivity contribution < 1.29 is 5.11 Å². The SMILES string of the molecule is CCn1c(CO)cc2c(C)csc21. The van der Waals surface area contributed by atoms with Crippen molar-refractivity contribution in [3.8, 4) is 0 Å². The van der Waals surface area contributed by atoms with Gasteiger partial charge in [0.15, 0.2) is 0 Å². The first-order valence-electron chi connectivity index (χ1n) is 4.45. The number of fused-ring (bicyclic) bond motifs is 1. The van der Waals surface area contributed by atoms with Gasteiger partial charge in [-0.3, -0.25) is 0 Å². The zero-order chi connectivity index (χ0) is 9.42. The number of aromatic nitrogens is 1. The van der Waals surface area contributed by atoms with Gasteiger partial charge in [-0.2, -0.15) is 0 Å². The molecule has 0 aromatic carbocycles. The maximum atomic E-state index is 9.14. The summed E-state index contributed by atoms with van der Waals surface area (Å²) < 4.78 is 2.17. The van der Waals surface area contributed by atoms with Gasteiger partial charge >= 0.3 is 0 Å². The largest absolute Gasteiger partial charge is 0.390 e. The molecule has 2 aromatic rings. The van der Waals surface area contributed by atoms with Crippen LogP contribution >= 0.6 is 11.3 Å². The van der Waals surface area contributed by atoms with Gasteiger partial charge in [-0.15, -0.1) is 11.3 Å². The van der Waals surface area contributed by atoms with Crippen LogP contribution in [0.4, 0.5) is 0 Å². The number of aryl methyl sites for hydroxylation is 2. The van der Waals surface area contributed by atoms with Crippen molar-refractivity contribution in [1.82, 2.24) is 4.57 Å². The van der Waals surface area contributed by atoms with Crippen LogP contribution in [-0.2, 0) is 13.2 Å². The monoisotopic (exact) mass is 195 g/mol.